The molecule has 0 aliphatic carbocycles. The summed E-state index contributed by atoms with van der Waals surface area (Å²) < 4.78 is 39.6. The summed E-state index contributed by atoms with van der Waals surface area (Å²) in [6.45, 7) is 3.52. The molecule has 0 amide bonds. The highest BCUT2D eigenvalue weighted by atomic mass is 19.4. The first kappa shape index (κ1) is 21.3. The Kier molecular flexibility index (Phi) is 6.53. The number of rotatable bonds is 5. The molecule has 10 heteroatoms. The zero-order valence-electron chi connectivity index (χ0n) is 17.3. The van der Waals surface area contributed by atoms with Crippen LogP contribution in [0.2, 0.25) is 0 Å². The first-order valence-corrected chi connectivity index (χ1v) is 10.7. The van der Waals surface area contributed by atoms with Gasteiger partial charge in [-0.25, -0.2) is 5.43 Å². The second-order valence-electron chi connectivity index (χ2n) is 7.81. The zero-order chi connectivity index (χ0) is 21.7. The summed E-state index contributed by atoms with van der Waals surface area (Å²) >= 11 is 0. The van der Waals surface area contributed by atoms with Crippen molar-refractivity contribution in [1.29, 1.82) is 0 Å². The highest BCUT2D eigenvalue weighted by molar-refractivity contribution is 5.82. The van der Waals surface area contributed by atoms with Gasteiger partial charge in [0.15, 0.2) is 0 Å². The van der Waals surface area contributed by atoms with Crippen molar-refractivity contribution < 1.29 is 13.2 Å². The van der Waals surface area contributed by atoms with Crippen molar-refractivity contribution in [2.75, 3.05) is 41.4 Å². The molecule has 0 saturated carbocycles. The van der Waals surface area contributed by atoms with Gasteiger partial charge in [0.2, 0.25) is 17.8 Å². The third kappa shape index (κ3) is 5.42. The van der Waals surface area contributed by atoms with Gasteiger partial charge in [0.25, 0.3) is 0 Å². The average Bonchev–Trinajstić information content (AvgIpc) is 2.80. The number of hydrogen-bond donors (Lipinski definition) is 1. The monoisotopic (exact) mass is 433 g/mol. The molecule has 2 aliphatic heterocycles. The summed E-state index contributed by atoms with van der Waals surface area (Å²) in [6.07, 6.45) is 3.41. The summed E-state index contributed by atoms with van der Waals surface area (Å²) in [7, 11) is 0. The minimum atomic E-state index is -4.45. The lowest BCUT2D eigenvalue weighted by molar-refractivity contribution is -0.137. The lowest BCUT2D eigenvalue weighted by atomic mass is 10.1. The van der Waals surface area contributed by atoms with Gasteiger partial charge in [0.1, 0.15) is 0 Å². The maximum absolute atomic E-state index is 13.2. The summed E-state index contributed by atoms with van der Waals surface area (Å²) in [5, 5.41) is 3.99. The smallest absolute Gasteiger partial charge is 0.341 e. The van der Waals surface area contributed by atoms with Crippen molar-refractivity contribution in [3.8, 4) is 0 Å². The van der Waals surface area contributed by atoms with Crippen LogP contribution in [0.1, 0.15) is 49.7 Å². The Morgan fingerprint density at radius 2 is 1.35 bits per heavy atom. The van der Waals surface area contributed by atoms with E-state index >= 15 is 0 Å². The van der Waals surface area contributed by atoms with E-state index in [2.05, 4.69) is 35.3 Å². The van der Waals surface area contributed by atoms with Crippen LogP contribution in [0, 0.1) is 0 Å². The topological polar surface area (TPSA) is 69.5 Å². The summed E-state index contributed by atoms with van der Waals surface area (Å²) in [6, 6.07) is 5.31. The molecule has 2 fully saturated rings. The summed E-state index contributed by atoms with van der Waals surface area (Å²) in [5.41, 5.74) is 1.96. The fourth-order valence-electron chi connectivity index (χ4n) is 3.90. The van der Waals surface area contributed by atoms with Crippen molar-refractivity contribution >= 4 is 24.1 Å². The highest BCUT2D eigenvalue weighted by Gasteiger charge is 2.32. The maximum Gasteiger partial charge on any atom is 0.417 e. The van der Waals surface area contributed by atoms with E-state index in [1.165, 1.54) is 25.0 Å². The number of hydrogen-bond acceptors (Lipinski definition) is 7. The van der Waals surface area contributed by atoms with Crippen LogP contribution in [-0.4, -0.2) is 47.3 Å². The van der Waals surface area contributed by atoms with Crippen LogP contribution in [0.25, 0.3) is 0 Å². The number of halogens is 3. The van der Waals surface area contributed by atoms with Gasteiger partial charge in [0, 0.05) is 31.7 Å². The van der Waals surface area contributed by atoms with Gasteiger partial charge >= 0.3 is 6.18 Å². The summed E-state index contributed by atoms with van der Waals surface area (Å²) in [4.78, 5) is 17.9. The van der Waals surface area contributed by atoms with E-state index in [9.17, 15) is 13.2 Å². The van der Waals surface area contributed by atoms with Gasteiger partial charge in [-0.1, -0.05) is 18.2 Å². The number of aromatic nitrogens is 3. The lowest BCUT2D eigenvalue weighted by Gasteiger charge is -2.30. The van der Waals surface area contributed by atoms with Crippen LogP contribution in [0.15, 0.2) is 29.4 Å². The maximum atomic E-state index is 13.2. The van der Waals surface area contributed by atoms with Crippen molar-refractivity contribution in [2.24, 2.45) is 5.10 Å². The fourth-order valence-corrected chi connectivity index (χ4v) is 3.90. The van der Waals surface area contributed by atoms with E-state index in [0.717, 1.165) is 64.1 Å². The van der Waals surface area contributed by atoms with Crippen LogP contribution in [0.4, 0.5) is 31.0 Å². The molecular formula is C21H26F3N7. The Morgan fingerprint density at radius 1 is 0.806 bits per heavy atom. The molecular weight excluding hydrogens is 407 g/mol. The quantitative estimate of drug-likeness (QED) is 0.560. The third-order valence-corrected chi connectivity index (χ3v) is 5.52. The van der Waals surface area contributed by atoms with Crippen LogP contribution in [-0.2, 0) is 6.18 Å². The third-order valence-electron chi connectivity index (χ3n) is 5.52. The van der Waals surface area contributed by atoms with Crippen LogP contribution < -0.4 is 15.2 Å². The Bertz CT molecular complexity index is 868. The number of nitrogens with one attached hydrogen (secondary N) is 1. The van der Waals surface area contributed by atoms with E-state index in [4.69, 9.17) is 0 Å². The van der Waals surface area contributed by atoms with E-state index in [0.29, 0.717) is 11.9 Å². The van der Waals surface area contributed by atoms with E-state index in [1.54, 1.807) is 6.07 Å². The molecule has 1 aromatic carbocycles. The van der Waals surface area contributed by atoms with Crippen LogP contribution in [0.3, 0.4) is 0 Å². The van der Waals surface area contributed by atoms with Crippen molar-refractivity contribution in [1.82, 2.24) is 15.0 Å². The number of piperidine rings is 2. The fraction of sp³-hybridized carbons (Fsp3) is 0.524. The van der Waals surface area contributed by atoms with Gasteiger partial charge in [-0.05, 0) is 44.6 Å². The number of alkyl halides is 3. The molecule has 2 saturated heterocycles. The van der Waals surface area contributed by atoms with Crippen molar-refractivity contribution in [3.63, 3.8) is 0 Å². The van der Waals surface area contributed by atoms with Crippen LogP contribution >= 0.6 is 0 Å². The number of nitrogens with zero attached hydrogens (tertiary/aromatic N) is 6. The molecule has 2 aliphatic rings. The normalized spacial score (nSPS) is 17.9. The number of hydrazone groups is 1. The average molecular weight is 433 g/mol. The first-order chi connectivity index (χ1) is 15.0. The molecule has 0 radical (unpaired) electrons. The molecule has 0 bridgehead atoms. The molecule has 31 heavy (non-hydrogen) atoms. The van der Waals surface area contributed by atoms with Gasteiger partial charge in [-0.2, -0.15) is 33.2 Å². The SMILES string of the molecule is FC(F)(F)c1ccccc1C=NNc1nc(N2CCCCC2)nc(N2CCCCC2)n1. The molecule has 0 atom stereocenters. The molecule has 2 aromatic rings. The van der Waals surface area contributed by atoms with Crippen LogP contribution in [0.5, 0.6) is 0 Å². The van der Waals surface area contributed by atoms with Gasteiger partial charge < -0.3 is 9.80 Å². The minimum absolute atomic E-state index is 0.0240. The molecule has 4 rings (SSSR count). The molecule has 7 nitrogen and oxygen atoms in total. The molecule has 1 N–H and O–H groups in total. The van der Waals surface area contributed by atoms with Crippen molar-refractivity contribution in [2.45, 2.75) is 44.7 Å². The standard InChI is InChI=1S/C21H26F3N7/c22-21(23,24)17-10-4-3-9-16(17)15-25-29-18-26-19(30-11-5-1-6-12-30)28-20(27-18)31-13-7-2-8-14-31/h3-4,9-10,15H,1-2,5-8,11-14H2,(H,26,27,28,29). The second kappa shape index (κ2) is 9.49. The minimum Gasteiger partial charge on any atom is -0.341 e. The van der Waals surface area contributed by atoms with Gasteiger partial charge in [-0.3, -0.25) is 0 Å². The number of benzene rings is 1. The van der Waals surface area contributed by atoms with E-state index < -0.39 is 11.7 Å². The molecule has 0 unspecified atom stereocenters. The highest BCUT2D eigenvalue weighted by Crippen LogP contribution is 2.31. The molecule has 1 aromatic heterocycles. The Morgan fingerprint density at radius 3 is 1.90 bits per heavy atom. The molecule has 166 valence electrons. The zero-order valence-corrected chi connectivity index (χ0v) is 17.3. The first-order valence-electron chi connectivity index (χ1n) is 10.7. The Balaban J connectivity index is 1.57. The summed E-state index contributed by atoms with van der Waals surface area (Å²) in [5.74, 6) is 1.41. The van der Waals surface area contributed by atoms with Crippen molar-refractivity contribution in [3.05, 3.63) is 35.4 Å². The van der Waals surface area contributed by atoms with Gasteiger partial charge in [0.05, 0.1) is 11.8 Å². The van der Waals surface area contributed by atoms with E-state index in [-0.39, 0.29) is 11.5 Å². The number of anilines is 3. The largest absolute Gasteiger partial charge is 0.417 e. The second-order valence-corrected chi connectivity index (χ2v) is 7.81. The molecule has 3 heterocycles. The van der Waals surface area contributed by atoms with Gasteiger partial charge in [-0.15, -0.1) is 0 Å². The Labute approximate surface area is 179 Å². The predicted octanol–water partition coefficient (Wildman–Crippen LogP) is 4.32. The molecule has 0 spiro atoms. The lowest BCUT2D eigenvalue weighted by Crippen LogP contribution is -2.34. The van der Waals surface area contributed by atoms with E-state index in [1.807, 2.05) is 0 Å². The Hall–Kier alpha value is -2.91. The predicted molar refractivity (Wildman–Crippen MR) is 115 cm³/mol.